The van der Waals surface area contributed by atoms with E-state index in [1.807, 2.05) is 6.92 Å². The normalized spacial score (nSPS) is 22.0. The van der Waals surface area contributed by atoms with Gasteiger partial charge in [0, 0.05) is 11.7 Å². The number of pyridine rings is 1. The highest BCUT2D eigenvalue weighted by atomic mass is 32.2. The van der Waals surface area contributed by atoms with Gasteiger partial charge < -0.3 is 5.32 Å². The zero-order valence-electron chi connectivity index (χ0n) is 12.1. The molecule has 0 spiro atoms. The highest BCUT2D eigenvalue weighted by Crippen LogP contribution is 2.23. The Morgan fingerprint density at radius 1 is 1.33 bits per heavy atom. The lowest BCUT2D eigenvalue weighted by atomic mass is 9.87. The Kier molecular flexibility index (Phi) is 4.43. The molecule has 0 fully saturated rings. The lowest BCUT2D eigenvalue weighted by Crippen LogP contribution is -2.46. The molecule has 1 aromatic heterocycles. The lowest BCUT2D eigenvalue weighted by Gasteiger charge is -2.31. The van der Waals surface area contributed by atoms with Gasteiger partial charge >= 0.3 is 0 Å². The minimum atomic E-state index is -3.58. The summed E-state index contributed by atoms with van der Waals surface area (Å²) in [5, 5.41) is 2.89. The number of rotatable bonds is 4. The molecular weight excluding hydrogens is 290 g/mol. The van der Waals surface area contributed by atoms with Crippen molar-refractivity contribution < 1.29 is 13.2 Å². The second-order valence-electron chi connectivity index (χ2n) is 5.32. The standard InChI is InChI=1S/C14H19N3O3S/c1-14(8-4-3-5-9-14)17-13(18)11-6-7-12(16-10-11)21(19,20)15-2/h3-4,6-7,10,15H,5,8-9H2,1-2H3,(H,17,18)/t14-/m0/s1. The van der Waals surface area contributed by atoms with Crippen LogP contribution in [0.15, 0.2) is 35.5 Å². The van der Waals surface area contributed by atoms with E-state index in [-0.39, 0.29) is 16.5 Å². The number of carbonyl (C=O) groups is 1. The van der Waals surface area contributed by atoms with Gasteiger partial charge in [0.1, 0.15) is 0 Å². The van der Waals surface area contributed by atoms with Crippen molar-refractivity contribution in [2.45, 2.75) is 36.8 Å². The molecule has 1 aliphatic rings. The molecule has 1 atom stereocenters. The van der Waals surface area contributed by atoms with Crippen molar-refractivity contribution in [3.63, 3.8) is 0 Å². The Balaban J connectivity index is 2.12. The number of hydrogen-bond donors (Lipinski definition) is 2. The molecular formula is C14H19N3O3S. The quantitative estimate of drug-likeness (QED) is 0.819. The summed E-state index contributed by atoms with van der Waals surface area (Å²) in [4.78, 5) is 16.0. The zero-order chi connectivity index (χ0) is 15.5. The summed E-state index contributed by atoms with van der Waals surface area (Å²) in [5.74, 6) is -0.242. The summed E-state index contributed by atoms with van der Waals surface area (Å²) in [6, 6.07) is 2.79. The molecule has 21 heavy (non-hydrogen) atoms. The minimum Gasteiger partial charge on any atom is -0.347 e. The number of nitrogens with zero attached hydrogens (tertiary/aromatic N) is 1. The van der Waals surface area contributed by atoms with Crippen molar-refractivity contribution in [1.29, 1.82) is 0 Å². The number of carbonyl (C=O) groups excluding carboxylic acids is 1. The van der Waals surface area contributed by atoms with Gasteiger partial charge in [-0.15, -0.1) is 0 Å². The Morgan fingerprint density at radius 2 is 2.10 bits per heavy atom. The number of aromatic nitrogens is 1. The zero-order valence-corrected chi connectivity index (χ0v) is 12.9. The maximum absolute atomic E-state index is 12.2. The highest BCUT2D eigenvalue weighted by Gasteiger charge is 2.27. The van der Waals surface area contributed by atoms with Crippen LogP contribution in [0.2, 0.25) is 0 Å². The fourth-order valence-electron chi connectivity index (χ4n) is 2.20. The van der Waals surface area contributed by atoms with E-state index in [9.17, 15) is 13.2 Å². The van der Waals surface area contributed by atoms with Gasteiger partial charge in [-0.05, 0) is 45.4 Å². The molecule has 2 rings (SSSR count). The Hall–Kier alpha value is -1.73. The highest BCUT2D eigenvalue weighted by molar-refractivity contribution is 7.89. The summed E-state index contributed by atoms with van der Waals surface area (Å²) in [7, 11) is -2.27. The van der Waals surface area contributed by atoms with E-state index < -0.39 is 10.0 Å². The van der Waals surface area contributed by atoms with Gasteiger partial charge in [0.2, 0.25) is 0 Å². The van der Waals surface area contributed by atoms with Crippen LogP contribution >= 0.6 is 0 Å². The topological polar surface area (TPSA) is 88.2 Å². The van der Waals surface area contributed by atoms with Crippen LogP contribution in [0.3, 0.4) is 0 Å². The number of amides is 1. The number of hydrogen-bond acceptors (Lipinski definition) is 4. The molecule has 6 nitrogen and oxygen atoms in total. The minimum absolute atomic E-state index is 0.103. The molecule has 1 aromatic rings. The maximum Gasteiger partial charge on any atom is 0.257 e. The van der Waals surface area contributed by atoms with Crippen LogP contribution in [0, 0.1) is 0 Å². The molecule has 0 radical (unpaired) electrons. The second-order valence-corrected chi connectivity index (χ2v) is 7.16. The Morgan fingerprint density at radius 3 is 2.62 bits per heavy atom. The molecule has 114 valence electrons. The number of allylic oxidation sites excluding steroid dienone is 1. The average Bonchev–Trinajstić information content (AvgIpc) is 2.47. The third-order valence-corrected chi connectivity index (χ3v) is 4.89. The van der Waals surface area contributed by atoms with Gasteiger partial charge in [0.05, 0.1) is 5.56 Å². The predicted octanol–water partition coefficient (Wildman–Crippen LogP) is 1.22. The van der Waals surface area contributed by atoms with E-state index in [0.717, 1.165) is 19.3 Å². The van der Waals surface area contributed by atoms with Gasteiger partial charge in [0.25, 0.3) is 15.9 Å². The second kappa shape index (κ2) is 5.95. The van der Waals surface area contributed by atoms with Crippen molar-refractivity contribution in [3.05, 3.63) is 36.0 Å². The van der Waals surface area contributed by atoms with Crippen molar-refractivity contribution >= 4 is 15.9 Å². The summed E-state index contributed by atoms with van der Waals surface area (Å²) >= 11 is 0. The fraction of sp³-hybridized carbons (Fsp3) is 0.429. The first-order valence-electron chi connectivity index (χ1n) is 6.73. The van der Waals surface area contributed by atoms with Crippen LogP contribution in [0.4, 0.5) is 0 Å². The van der Waals surface area contributed by atoms with Crippen LogP contribution in [-0.2, 0) is 10.0 Å². The molecule has 1 heterocycles. The first-order chi connectivity index (χ1) is 9.86. The molecule has 2 N–H and O–H groups in total. The van der Waals surface area contributed by atoms with Gasteiger partial charge in [-0.2, -0.15) is 0 Å². The van der Waals surface area contributed by atoms with E-state index in [4.69, 9.17) is 0 Å². The molecule has 0 aromatic carbocycles. The molecule has 7 heteroatoms. The maximum atomic E-state index is 12.2. The predicted molar refractivity (Wildman–Crippen MR) is 79.3 cm³/mol. The van der Waals surface area contributed by atoms with Gasteiger partial charge in [-0.1, -0.05) is 12.2 Å². The number of nitrogens with one attached hydrogen (secondary N) is 2. The van der Waals surface area contributed by atoms with E-state index in [1.165, 1.54) is 25.4 Å². The number of sulfonamides is 1. The first-order valence-corrected chi connectivity index (χ1v) is 8.22. The van der Waals surface area contributed by atoms with Crippen LogP contribution in [0.25, 0.3) is 0 Å². The molecule has 0 unspecified atom stereocenters. The van der Waals surface area contributed by atoms with Crippen LogP contribution in [0.5, 0.6) is 0 Å². The molecule has 0 saturated carbocycles. The van der Waals surface area contributed by atoms with Crippen LogP contribution in [-0.4, -0.2) is 31.9 Å². The molecule has 1 aliphatic carbocycles. The van der Waals surface area contributed by atoms with Gasteiger partial charge in [0.15, 0.2) is 5.03 Å². The molecule has 0 bridgehead atoms. The van der Waals surface area contributed by atoms with E-state index in [0.29, 0.717) is 5.56 Å². The van der Waals surface area contributed by atoms with Crippen molar-refractivity contribution in [3.8, 4) is 0 Å². The van der Waals surface area contributed by atoms with E-state index in [2.05, 4.69) is 27.2 Å². The summed E-state index contributed by atoms with van der Waals surface area (Å²) in [6.07, 6.45) is 8.06. The third-order valence-electron chi connectivity index (χ3n) is 3.56. The SMILES string of the molecule is CNS(=O)(=O)c1ccc(C(=O)N[C@@]2(C)CC=CCC2)cn1. The smallest absolute Gasteiger partial charge is 0.257 e. The summed E-state index contributed by atoms with van der Waals surface area (Å²) in [6.45, 7) is 2.00. The largest absolute Gasteiger partial charge is 0.347 e. The van der Waals surface area contributed by atoms with Gasteiger partial charge in [-0.25, -0.2) is 18.1 Å². The lowest BCUT2D eigenvalue weighted by molar-refractivity contribution is 0.0900. The van der Waals surface area contributed by atoms with Crippen LogP contribution in [0.1, 0.15) is 36.5 Å². The molecule has 1 amide bonds. The van der Waals surface area contributed by atoms with E-state index in [1.54, 1.807) is 0 Å². The molecule has 0 saturated heterocycles. The summed E-state index contributed by atoms with van der Waals surface area (Å²) < 4.78 is 25.3. The van der Waals surface area contributed by atoms with Gasteiger partial charge in [-0.3, -0.25) is 4.79 Å². The average molecular weight is 309 g/mol. The van der Waals surface area contributed by atoms with Crippen molar-refractivity contribution in [2.75, 3.05) is 7.05 Å². The Labute approximate surface area is 124 Å². The first kappa shape index (κ1) is 15.7. The van der Waals surface area contributed by atoms with Crippen LogP contribution < -0.4 is 10.0 Å². The van der Waals surface area contributed by atoms with Crippen molar-refractivity contribution in [1.82, 2.24) is 15.0 Å². The fourth-order valence-corrected chi connectivity index (χ4v) is 2.85. The third kappa shape index (κ3) is 3.68. The van der Waals surface area contributed by atoms with E-state index >= 15 is 0 Å². The summed E-state index contributed by atoms with van der Waals surface area (Å²) in [5.41, 5.74) is 0.0856. The Bertz CT molecular complexity index is 653. The van der Waals surface area contributed by atoms with Crippen molar-refractivity contribution in [2.24, 2.45) is 0 Å². The monoisotopic (exact) mass is 309 g/mol. The molecule has 0 aliphatic heterocycles.